The van der Waals surface area contributed by atoms with E-state index < -0.39 is 0 Å². The molecule has 1 amide bonds. The van der Waals surface area contributed by atoms with Crippen LogP contribution in [0.3, 0.4) is 0 Å². The van der Waals surface area contributed by atoms with Crippen molar-refractivity contribution in [2.75, 3.05) is 5.32 Å². The van der Waals surface area contributed by atoms with Gasteiger partial charge in [0.1, 0.15) is 0 Å². The first-order valence-corrected chi connectivity index (χ1v) is 9.44. The van der Waals surface area contributed by atoms with Gasteiger partial charge in [0.2, 0.25) is 0 Å². The molecule has 0 radical (unpaired) electrons. The fourth-order valence-electron chi connectivity index (χ4n) is 3.60. The highest BCUT2D eigenvalue weighted by Crippen LogP contribution is 2.27. The zero-order valence-corrected chi connectivity index (χ0v) is 15.4. The molecule has 0 saturated heterocycles. The third-order valence-corrected chi connectivity index (χ3v) is 5.03. The molecule has 0 bridgehead atoms. The van der Waals surface area contributed by atoms with Crippen LogP contribution in [0.1, 0.15) is 54.0 Å². The van der Waals surface area contributed by atoms with Crippen LogP contribution in [-0.4, -0.2) is 26.2 Å². The molecule has 2 N–H and O–H groups in total. The topological polar surface area (TPSA) is 96.7 Å². The SMILES string of the molecule is Cc1noc(-c2ccc(C(=O)Nc3cc(CC4CCCCC4)[nH]n3)cc2)n1. The highest BCUT2D eigenvalue weighted by Gasteiger charge is 2.16. The molecule has 1 aromatic carbocycles. The number of aromatic amines is 1. The lowest BCUT2D eigenvalue weighted by atomic mass is 9.86. The Labute approximate surface area is 157 Å². The molecule has 7 heteroatoms. The number of rotatable bonds is 5. The van der Waals surface area contributed by atoms with Gasteiger partial charge in [-0.15, -0.1) is 0 Å². The van der Waals surface area contributed by atoms with Gasteiger partial charge in [0.05, 0.1) is 0 Å². The van der Waals surface area contributed by atoms with Gasteiger partial charge in [-0.25, -0.2) is 0 Å². The maximum atomic E-state index is 12.4. The Balaban J connectivity index is 1.37. The molecule has 7 nitrogen and oxygen atoms in total. The van der Waals surface area contributed by atoms with Crippen LogP contribution in [0, 0.1) is 12.8 Å². The van der Waals surface area contributed by atoms with E-state index in [-0.39, 0.29) is 5.91 Å². The molecule has 0 spiro atoms. The molecule has 140 valence electrons. The lowest BCUT2D eigenvalue weighted by Crippen LogP contribution is -2.12. The van der Waals surface area contributed by atoms with Crippen molar-refractivity contribution in [3.05, 3.63) is 47.4 Å². The molecule has 1 aliphatic carbocycles. The van der Waals surface area contributed by atoms with E-state index >= 15 is 0 Å². The van der Waals surface area contributed by atoms with Crippen LogP contribution in [-0.2, 0) is 6.42 Å². The summed E-state index contributed by atoms with van der Waals surface area (Å²) < 4.78 is 5.14. The van der Waals surface area contributed by atoms with E-state index in [1.807, 2.05) is 6.07 Å². The van der Waals surface area contributed by atoms with Crippen LogP contribution in [0.2, 0.25) is 0 Å². The Morgan fingerprint density at radius 1 is 1.22 bits per heavy atom. The molecule has 2 heterocycles. The van der Waals surface area contributed by atoms with Crippen molar-refractivity contribution in [2.45, 2.75) is 45.4 Å². The second-order valence-electron chi connectivity index (χ2n) is 7.16. The van der Waals surface area contributed by atoms with Gasteiger partial charge < -0.3 is 9.84 Å². The second-order valence-corrected chi connectivity index (χ2v) is 7.16. The number of anilines is 1. The number of amides is 1. The zero-order valence-electron chi connectivity index (χ0n) is 15.4. The molecule has 3 aromatic rings. The maximum absolute atomic E-state index is 12.4. The predicted molar refractivity (Wildman–Crippen MR) is 101 cm³/mol. The highest BCUT2D eigenvalue weighted by molar-refractivity contribution is 6.03. The van der Waals surface area contributed by atoms with Gasteiger partial charge >= 0.3 is 0 Å². The number of aromatic nitrogens is 4. The van der Waals surface area contributed by atoms with E-state index in [1.54, 1.807) is 31.2 Å². The van der Waals surface area contributed by atoms with Crippen molar-refractivity contribution in [2.24, 2.45) is 5.92 Å². The van der Waals surface area contributed by atoms with Gasteiger partial charge in [0.15, 0.2) is 11.6 Å². The monoisotopic (exact) mass is 365 g/mol. The molecule has 0 aliphatic heterocycles. The number of carbonyl (C=O) groups excluding carboxylic acids is 1. The number of aryl methyl sites for hydroxylation is 1. The van der Waals surface area contributed by atoms with Gasteiger partial charge in [-0.3, -0.25) is 9.89 Å². The molecule has 1 aliphatic rings. The van der Waals surface area contributed by atoms with Gasteiger partial charge in [-0.05, 0) is 43.5 Å². The standard InChI is InChI=1S/C20H23N5O2/c1-13-21-20(27-25-13)16-9-7-15(8-10-16)19(26)22-18-12-17(23-24-18)11-14-5-3-2-4-6-14/h7-10,12,14H,2-6,11H2,1H3,(H2,22,23,24,26). The van der Waals surface area contributed by atoms with Gasteiger partial charge in [-0.1, -0.05) is 37.3 Å². The average Bonchev–Trinajstić information content (AvgIpc) is 3.31. The summed E-state index contributed by atoms with van der Waals surface area (Å²) >= 11 is 0. The Morgan fingerprint density at radius 3 is 2.70 bits per heavy atom. The lowest BCUT2D eigenvalue weighted by molar-refractivity contribution is 0.102. The quantitative estimate of drug-likeness (QED) is 0.708. The largest absolute Gasteiger partial charge is 0.334 e. The smallest absolute Gasteiger partial charge is 0.257 e. The van der Waals surface area contributed by atoms with E-state index in [0.29, 0.717) is 23.1 Å². The van der Waals surface area contributed by atoms with Gasteiger partial charge in [0.25, 0.3) is 11.8 Å². The van der Waals surface area contributed by atoms with Crippen molar-refractivity contribution >= 4 is 11.7 Å². The first kappa shape index (κ1) is 17.5. The Kier molecular flexibility index (Phi) is 5.00. The molecule has 2 aromatic heterocycles. The van der Waals surface area contributed by atoms with E-state index in [2.05, 4.69) is 25.7 Å². The molecule has 1 fully saturated rings. The Bertz CT molecular complexity index is 907. The minimum atomic E-state index is -0.195. The van der Waals surface area contributed by atoms with Crippen molar-refractivity contribution in [3.8, 4) is 11.5 Å². The van der Waals surface area contributed by atoms with Crippen molar-refractivity contribution in [1.29, 1.82) is 0 Å². The van der Waals surface area contributed by atoms with Crippen molar-refractivity contribution in [1.82, 2.24) is 20.3 Å². The summed E-state index contributed by atoms with van der Waals surface area (Å²) in [6, 6.07) is 8.99. The van der Waals surface area contributed by atoms with Crippen LogP contribution in [0.15, 0.2) is 34.9 Å². The number of H-pyrrole nitrogens is 1. The van der Waals surface area contributed by atoms with Crippen LogP contribution >= 0.6 is 0 Å². The zero-order chi connectivity index (χ0) is 18.6. The maximum Gasteiger partial charge on any atom is 0.257 e. The number of nitrogens with one attached hydrogen (secondary N) is 2. The Hall–Kier alpha value is -2.96. The predicted octanol–water partition coefficient (Wildman–Crippen LogP) is 4.14. The number of hydrogen-bond donors (Lipinski definition) is 2. The summed E-state index contributed by atoms with van der Waals surface area (Å²) in [5.41, 5.74) is 2.41. The number of carbonyl (C=O) groups is 1. The van der Waals surface area contributed by atoms with Crippen molar-refractivity contribution in [3.63, 3.8) is 0 Å². The molecule has 0 atom stereocenters. The van der Waals surface area contributed by atoms with Gasteiger partial charge in [0, 0.05) is 22.9 Å². The van der Waals surface area contributed by atoms with E-state index in [0.717, 1.165) is 23.6 Å². The molecule has 27 heavy (non-hydrogen) atoms. The number of benzene rings is 1. The second kappa shape index (κ2) is 7.73. The fraction of sp³-hybridized carbons (Fsp3) is 0.400. The number of hydrogen-bond acceptors (Lipinski definition) is 5. The minimum Gasteiger partial charge on any atom is -0.334 e. The third-order valence-electron chi connectivity index (χ3n) is 5.03. The van der Waals surface area contributed by atoms with Crippen LogP contribution < -0.4 is 5.32 Å². The summed E-state index contributed by atoms with van der Waals surface area (Å²) in [4.78, 5) is 16.6. The third kappa shape index (κ3) is 4.24. The van der Waals surface area contributed by atoms with Gasteiger partial charge in [-0.2, -0.15) is 10.1 Å². The minimum absolute atomic E-state index is 0.195. The van der Waals surface area contributed by atoms with E-state index in [4.69, 9.17) is 4.52 Å². The first-order valence-electron chi connectivity index (χ1n) is 9.44. The average molecular weight is 365 g/mol. The molecular formula is C20H23N5O2. The summed E-state index contributed by atoms with van der Waals surface area (Å²) in [6.07, 6.45) is 7.56. The van der Waals surface area contributed by atoms with Crippen LogP contribution in [0.4, 0.5) is 5.82 Å². The normalized spacial score (nSPS) is 15.0. The molecule has 4 rings (SSSR count). The summed E-state index contributed by atoms with van der Waals surface area (Å²) in [6.45, 7) is 1.77. The Morgan fingerprint density at radius 2 is 2.00 bits per heavy atom. The van der Waals surface area contributed by atoms with E-state index in [9.17, 15) is 4.79 Å². The van der Waals surface area contributed by atoms with Crippen molar-refractivity contribution < 1.29 is 9.32 Å². The fourth-order valence-corrected chi connectivity index (χ4v) is 3.60. The summed E-state index contributed by atoms with van der Waals surface area (Å²) in [5.74, 6) is 2.11. The first-order chi connectivity index (χ1) is 13.2. The molecule has 1 saturated carbocycles. The van der Waals surface area contributed by atoms with E-state index in [1.165, 1.54) is 32.1 Å². The number of nitrogens with zero attached hydrogens (tertiary/aromatic N) is 3. The highest BCUT2D eigenvalue weighted by atomic mass is 16.5. The molecule has 0 unspecified atom stereocenters. The summed E-state index contributed by atoms with van der Waals surface area (Å²) in [5, 5.41) is 13.9. The molecular weight excluding hydrogens is 342 g/mol. The summed E-state index contributed by atoms with van der Waals surface area (Å²) in [7, 11) is 0. The van der Waals surface area contributed by atoms with Crippen LogP contribution in [0.5, 0.6) is 0 Å². The van der Waals surface area contributed by atoms with Crippen LogP contribution in [0.25, 0.3) is 11.5 Å². The lowest BCUT2D eigenvalue weighted by Gasteiger charge is -2.20.